The zero-order valence-corrected chi connectivity index (χ0v) is 16.8. The van der Waals surface area contributed by atoms with Crippen LogP contribution in [0.1, 0.15) is 33.7 Å². The van der Waals surface area contributed by atoms with Crippen molar-refractivity contribution >= 4 is 40.7 Å². The number of hydrogen-bond donors (Lipinski definition) is 1. The number of halogens is 2. The summed E-state index contributed by atoms with van der Waals surface area (Å²) in [5.41, 5.74) is 0.312. The number of Topliss-reactive ketones (excluding diaryl/α,β-unsaturated/α-hetero) is 1. The quantitative estimate of drug-likeness (QED) is 0.584. The molecule has 3 aromatic rings. The van der Waals surface area contributed by atoms with E-state index in [9.17, 15) is 14.7 Å². The summed E-state index contributed by atoms with van der Waals surface area (Å²) in [6, 6.07) is 8.32. The number of aliphatic hydroxyl groups excluding tert-OH is 1. The van der Waals surface area contributed by atoms with E-state index in [-0.39, 0.29) is 22.2 Å². The van der Waals surface area contributed by atoms with Crippen LogP contribution in [0, 0.1) is 13.8 Å². The van der Waals surface area contributed by atoms with Gasteiger partial charge in [0.05, 0.1) is 21.7 Å². The van der Waals surface area contributed by atoms with Gasteiger partial charge in [-0.25, -0.2) is 0 Å². The minimum atomic E-state index is -1.00. The third-order valence-electron chi connectivity index (χ3n) is 4.54. The highest BCUT2D eigenvalue weighted by molar-refractivity contribution is 6.42. The van der Waals surface area contributed by atoms with Crippen molar-refractivity contribution in [3.63, 3.8) is 0 Å². The molecule has 1 aliphatic heterocycles. The summed E-state index contributed by atoms with van der Waals surface area (Å²) >= 11 is 12.2. The number of amides is 1. The lowest BCUT2D eigenvalue weighted by molar-refractivity contribution is -0.117. The Hall–Kier alpha value is -3.03. The SMILES string of the molecule is Cc1cc(N2C(=O)C(O)=C(C(=O)c3ccc(C)o3)C2c2ccc(Cl)c(Cl)c2)no1. The molecule has 3 heterocycles. The summed E-state index contributed by atoms with van der Waals surface area (Å²) in [5.74, 6) is -0.979. The summed E-state index contributed by atoms with van der Waals surface area (Å²) in [6.07, 6.45) is 0. The number of ketones is 1. The van der Waals surface area contributed by atoms with Crippen molar-refractivity contribution in [1.82, 2.24) is 5.16 Å². The molecule has 0 saturated heterocycles. The van der Waals surface area contributed by atoms with Crippen molar-refractivity contribution in [1.29, 1.82) is 0 Å². The molecule has 1 N–H and O–H groups in total. The van der Waals surface area contributed by atoms with Crippen LogP contribution >= 0.6 is 23.2 Å². The third kappa shape index (κ3) is 3.22. The van der Waals surface area contributed by atoms with E-state index in [0.29, 0.717) is 22.1 Å². The lowest BCUT2D eigenvalue weighted by Crippen LogP contribution is -2.31. The summed E-state index contributed by atoms with van der Waals surface area (Å²) in [6.45, 7) is 3.35. The number of hydrogen-bond acceptors (Lipinski definition) is 6. The van der Waals surface area contributed by atoms with Crippen molar-refractivity contribution in [2.24, 2.45) is 0 Å². The van der Waals surface area contributed by atoms with Crippen LogP contribution in [0.5, 0.6) is 0 Å². The van der Waals surface area contributed by atoms with Gasteiger partial charge >= 0.3 is 0 Å². The molecule has 1 aromatic carbocycles. The maximum atomic E-state index is 13.1. The van der Waals surface area contributed by atoms with Gasteiger partial charge in [0.1, 0.15) is 11.5 Å². The van der Waals surface area contributed by atoms with E-state index in [1.807, 2.05) is 0 Å². The van der Waals surface area contributed by atoms with E-state index in [0.717, 1.165) is 0 Å². The van der Waals surface area contributed by atoms with Crippen LogP contribution in [0.4, 0.5) is 5.82 Å². The van der Waals surface area contributed by atoms with Crippen LogP contribution < -0.4 is 4.90 Å². The summed E-state index contributed by atoms with van der Waals surface area (Å²) < 4.78 is 10.5. The Labute approximate surface area is 175 Å². The first-order valence-electron chi connectivity index (χ1n) is 8.54. The molecule has 4 rings (SSSR count). The molecule has 1 amide bonds. The summed E-state index contributed by atoms with van der Waals surface area (Å²) in [4.78, 5) is 27.2. The van der Waals surface area contributed by atoms with Crippen molar-refractivity contribution in [2.45, 2.75) is 19.9 Å². The molecule has 1 atom stereocenters. The Morgan fingerprint density at radius 2 is 1.86 bits per heavy atom. The van der Waals surface area contributed by atoms with Gasteiger partial charge in [0, 0.05) is 6.07 Å². The van der Waals surface area contributed by atoms with Gasteiger partial charge in [-0.3, -0.25) is 14.5 Å². The Bertz CT molecular complexity index is 1180. The van der Waals surface area contributed by atoms with Gasteiger partial charge in [0.25, 0.3) is 5.91 Å². The fourth-order valence-corrected chi connectivity index (χ4v) is 3.53. The molecule has 0 bridgehead atoms. The van der Waals surface area contributed by atoms with Gasteiger partial charge in [0.15, 0.2) is 17.3 Å². The maximum Gasteiger partial charge on any atom is 0.295 e. The smallest absolute Gasteiger partial charge is 0.295 e. The molecule has 0 fully saturated rings. The first-order valence-corrected chi connectivity index (χ1v) is 9.29. The number of anilines is 1. The highest BCUT2D eigenvalue weighted by Crippen LogP contribution is 2.42. The number of aryl methyl sites for hydroxylation is 2. The van der Waals surface area contributed by atoms with E-state index in [2.05, 4.69) is 5.16 Å². The van der Waals surface area contributed by atoms with E-state index in [4.69, 9.17) is 32.1 Å². The monoisotopic (exact) mass is 432 g/mol. The Morgan fingerprint density at radius 3 is 2.45 bits per heavy atom. The van der Waals surface area contributed by atoms with Crippen LogP contribution in [0.3, 0.4) is 0 Å². The predicted molar refractivity (Wildman–Crippen MR) is 105 cm³/mol. The average Bonchev–Trinajstić information content (AvgIpc) is 3.36. The fraction of sp³-hybridized carbons (Fsp3) is 0.150. The Morgan fingerprint density at radius 1 is 1.10 bits per heavy atom. The molecule has 1 unspecified atom stereocenters. The second kappa shape index (κ2) is 7.09. The van der Waals surface area contributed by atoms with Gasteiger partial charge in [0.2, 0.25) is 5.78 Å². The van der Waals surface area contributed by atoms with E-state index in [1.54, 1.807) is 32.0 Å². The first kappa shape index (κ1) is 19.3. The largest absolute Gasteiger partial charge is 0.503 e. The number of benzene rings is 1. The normalized spacial score (nSPS) is 16.8. The highest BCUT2D eigenvalue weighted by Gasteiger charge is 2.46. The van der Waals surface area contributed by atoms with Gasteiger partial charge in [-0.2, -0.15) is 0 Å². The van der Waals surface area contributed by atoms with E-state index >= 15 is 0 Å². The third-order valence-corrected chi connectivity index (χ3v) is 5.28. The van der Waals surface area contributed by atoms with Crippen molar-refractivity contribution in [2.75, 3.05) is 4.90 Å². The molecule has 0 radical (unpaired) electrons. The Balaban J connectivity index is 1.90. The molecule has 0 spiro atoms. The van der Waals surface area contributed by atoms with Gasteiger partial charge in [-0.15, -0.1) is 0 Å². The molecule has 148 valence electrons. The second-order valence-corrected chi connectivity index (χ2v) is 7.36. The van der Waals surface area contributed by atoms with Crippen LogP contribution in [0.15, 0.2) is 56.7 Å². The molecular weight excluding hydrogens is 419 g/mol. The van der Waals surface area contributed by atoms with Crippen LogP contribution in [-0.4, -0.2) is 22.0 Å². The fourth-order valence-electron chi connectivity index (χ4n) is 3.23. The number of aliphatic hydroxyl groups is 1. The number of furan rings is 1. The number of aromatic nitrogens is 1. The standard InChI is InChI=1S/C20H14Cl2N2O5/c1-9-3-6-14(28-9)18(25)16-17(11-4-5-12(21)13(22)8-11)24(20(27)19(16)26)15-7-10(2)29-23-15/h3-8,17,26H,1-2H3. The topological polar surface area (TPSA) is 96.8 Å². The molecule has 9 heteroatoms. The number of carbonyl (C=O) groups excluding carboxylic acids is 2. The predicted octanol–water partition coefficient (Wildman–Crippen LogP) is 4.97. The zero-order chi connectivity index (χ0) is 20.9. The highest BCUT2D eigenvalue weighted by atomic mass is 35.5. The number of nitrogens with zero attached hydrogens (tertiary/aromatic N) is 2. The van der Waals surface area contributed by atoms with Gasteiger partial charge < -0.3 is 14.0 Å². The summed E-state index contributed by atoms with van der Waals surface area (Å²) in [5, 5.41) is 15.0. The minimum absolute atomic E-state index is 0.0000869. The van der Waals surface area contributed by atoms with Crippen molar-refractivity contribution < 1.29 is 23.6 Å². The first-order chi connectivity index (χ1) is 13.8. The molecule has 2 aromatic heterocycles. The maximum absolute atomic E-state index is 13.1. The van der Waals surface area contributed by atoms with Crippen LogP contribution in [0.2, 0.25) is 10.0 Å². The van der Waals surface area contributed by atoms with E-state index in [1.165, 1.54) is 23.1 Å². The lowest BCUT2D eigenvalue weighted by atomic mass is 9.95. The Kier molecular flexibility index (Phi) is 4.72. The van der Waals surface area contributed by atoms with Gasteiger partial charge in [-0.1, -0.05) is 34.4 Å². The minimum Gasteiger partial charge on any atom is -0.503 e. The molecule has 0 saturated carbocycles. The molecule has 0 aliphatic carbocycles. The van der Waals surface area contributed by atoms with Crippen molar-refractivity contribution in [3.8, 4) is 0 Å². The van der Waals surface area contributed by atoms with Crippen LogP contribution in [0.25, 0.3) is 0 Å². The molecule has 7 nitrogen and oxygen atoms in total. The van der Waals surface area contributed by atoms with Gasteiger partial charge in [-0.05, 0) is 43.7 Å². The molecular formula is C20H14Cl2N2O5. The number of carbonyl (C=O) groups is 2. The summed E-state index contributed by atoms with van der Waals surface area (Å²) in [7, 11) is 0. The van der Waals surface area contributed by atoms with E-state index < -0.39 is 23.5 Å². The second-order valence-electron chi connectivity index (χ2n) is 6.55. The molecule has 1 aliphatic rings. The lowest BCUT2D eigenvalue weighted by Gasteiger charge is -2.24. The van der Waals surface area contributed by atoms with Crippen LogP contribution in [-0.2, 0) is 4.79 Å². The average molecular weight is 433 g/mol. The number of rotatable bonds is 4. The zero-order valence-electron chi connectivity index (χ0n) is 15.3. The molecule has 29 heavy (non-hydrogen) atoms. The van der Waals surface area contributed by atoms with Crippen molar-refractivity contribution in [3.05, 3.63) is 80.6 Å².